The lowest BCUT2D eigenvalue weighted by Gasteiger charge is -2.38. The van der Waals surface area contributed by atoms with E-state index in [0.29, 0.717) is 29.7 Å². The molecule has 0 unspecified atom stereocenters. The molecule has 0 atom stereocenters. The first kappa shape index (κ1) is 21.6. The first-order valence-corrected chi connectivity index (χ1v) is 11.3. The average molecular weight is 451 g/mol. The Labute approximate surface area is 198 Å². The molecule has 3 aromatic rings. The minimum atomic E-state index is -0.228. The van der Waals surface area contributed by atoms with Crippen molar-refractivity contribution in [2.24, 2.45) is 33.3 Å². The number of aliphatic imine (C=N–C) groups is 2. The van der Waals surface area contributed by atoms with E-state index >= 15 is 0 Å². The highest BCUT2D eigenvalue weighted by Gasteiger charge is 2.35. The molecule has 2 heterocycles. The lowest BCUT2D eigenvalue weighted by Crippen LogP contribution is -2.41. The summed E-state index contributed by atoms with van der Waals surface area (Å²) in [6.07, 6.45) is 5.13. The summed E-state index contributed by atoms with van der Waals surface area (Å²) in [5, 5.41) is 1.03. The predicted molar refractivity (Wildman–Crippen MR) is 137 cm³/mol. The zero-order valence-corrected chi connectivity index (χ0v) is 18.8. The van der Waals surface area contributed by atoms with E-state index in [1.165, 1.54) is 0 Å². The second-order valence-electron chi connectivity index (χ2n) is 8.73. The number of amides is 1. The maximum Gasteiger partial charge on any atom is 0.220 e. The van der Waals surface area contributed by atoms with Crippen LogP contribution in [0.4, 0.5) is 0 Å². The van der Waals surface area contributed by atoms with Crippen molar-refractivity contribution in [1.82, 2.24) is 9.88 Å². The van der Waals surface area contributed by atoms with Crippen LogP contribution in [0.1, 0.15) is 18.4 Å². The zero-order chi connectivity index (χ0) is 23.7. The van der Waals surface area contributed by atoms with E-state index in [4.69, 9.17) is 16.5 Å². The second kappa shape index (κ2) is 8.94. The van der Waals surface area contributed by atoms with Gasteiger partial charge in [0.15, 0.2) is 0 Å². The number of hydrogen-bond donors (Lipinski definition) is 2. The van der Waals surface area contributed by atoms with E-state index < -0.39 is 0 Å². The number of nitrogens with two attached hydrogens (primary N) is 2. The SMILES string of the molecule is C=N/C(=C1/C(N)=NC=CN1CC1CC(C(N)=O)C1)c1ccc2ccc(-c3ccccc3)nc2c1. The summed E-state index contributed by atoms with van der Waals surface area (Å²) in [5.41, 5.74) is 16.8. The summed E-state index contributed by atoms with van der Waals surface area (Å²) in [7, 11) is 0. The van der Waals surface area contributed by atoms with E-state index in [1.54, 1.807) is 6.20 Å². The molecule has 4 N–H and O–H groups in total. The van der Waals surface area contributed by atoms with Crippen LogP contribution in [0.3, 0.4) is 0 Å². The van der Waals surface area contributed by atoms with Crippen LogP contribution in [0.15, 0.2) is 88.7 Å². The van der Waals surface area contributed by atoms with Crippen LogP contribution in [0.5, 0.6) is 0 Å². The molecule has 170 valence electrons. The minimum Gasteiger partial charge on any atom is -0.382 e. The maximum atomic E-state index is 11.4. The van der Waals surface area contributed by atoms with Crippen LogP contribution in [-0.4, -0.2) is 34.9 Å². The van der Waals surface area contributed by atoms with Gasteiger partial charge in [0, 0.05) is 41.4 Å². The Kier molecular flexibility index (Phi) is 5.67. The van der Waals surface area contributed by atoms with Gasteiger partial charge in [0.2, 0.25) is 5.91 Å². The molecule has 1 amide bonds. The largest absolute Gasteiger partial charge is 0.382 e. The molecule has 1 saturated carbocycles. The fourth-order valence-electron chi connectivity index (χ4n) is 4.62. The summed E-state index contributed by atoms with van der Waals surface area (Å²) in [4.78, 5) is 27.0. The number of aromatic nitrogens is 1. The Bertz CT molecular complexity index is 1350. The minimum absolute atomic E-state index is 0.0420. The fraction of sp³-hybridized carbons (Fsp3) is 0.185. The lowest BCUT2D eigenvalue weighted by molar-refractivity contribution is -0.125. The van der Waals surface area contributed by atoms with Gasteiger partial charge in [0.1, 0.15) is 11.5 Å². The number of primary amides is 1. The maximum absolute atomic E-state index is 11.4. The van der Waals surface area contributed by atoms with E-state index in [-0.39, 0.29) is 11.8 Å². The third-order valence-corrected chi connectivity index (χ3v) is 6.50. The summed E-state index contributed by atoms with van der Waals surface area (Å²) in [5.74, 6) is 0.455. The molecule has 34 heavy (non-hydrogen) atoms. The molecular weight excluding hydrogens is 424 g/mol. The predicted octanol–water partition coefficient (Wildman–Crippen LogP) is 3.93. The van der Waals surface area contributed by atoms with Crippen molar-refractivity contribution in [3.05, 3.63) is 84.3 Å². The number of amidine groups is 1. The van der Waals surface area contributed by atoms with Crippen LogP contribution in [0.2, 0.25) is 0 Å². The van der Waals surface area contributed by atoms with Gasteiger partial charge < -0.3 is 16.4 Å². The molecule has 0 saturated heterocycles. The molecule has 1 fully saturated rings. The molecule has 7 heteroatoms. The van der Waals surface area contributed by atoms with Crippen LogP contribution in [-0.2, 0) is 4.79 Å². The Balaban J connectivity index is 1.51. The average Bonchev–Trinajstić information content (AvgIpc) is 2.83. The molecule has 1 aromatic heterocycles. The Morgan fingerprint density at radius 1 is 1.12 bits per heavy atom. The standard InChI is InChI=1S/C27H26N6O/c1-30-24(25-26(28)31-11-12-33(25)16-17-13-21(14-17)27(29)34)20-8-7-19-9-10-22(32-23(19)15-20)18-5-3-2-4-6-18/h2-12,15,17,21H,1,13-14,16H2,(H2,28,31)(H2,29,34)/b25-24-. The first-order chi connectivity index (χ1) is 16.5. The van der Waals surface area contributed by atoms with Gasteiger partial charge in [0.05, 0.1) is 16.9 Å². The Hall–Kier alpha value is -4.26. The van der Waals surface area contributed by atoms with Gasteiger partial charge in [-0.2, -0.15) is 0 Å². The molecule has 0 radical (unpaired) electrons. The summed E-state index contributed by atoms with van der Waals surface area (Å²) in [6.45, 7) is 4.53. The molecule has 0 spiro atoms. The smallest absolute Gasteiger partial charge is 0.220 e. The number of carbonyl (C=O) groups is 1. The Morgan fingerprint density at radius 2 is 1.88 bits per heavy atom. The van der Waals surface area contributed by atoms with Gasteiger partial charge in [-0.25, -0.2) is 9.98 Å². The summed E-state index contributed by atoms with van der Waals surface area (Å²) >= 11 is 0. The fourth-order valence-corrected chi connectivity index (χ4v) is 4.62. The van der Waals surface area contributed by atoms with Crippen LogP contribution >= 0.6 is 0 Å². The van der Waals surface area contributed by atoms with E-state index in [9.17, 15) is 4.79 Å². The summed E-state index contributed by atoms with van der Waals surface area (Å²) in [6, 6.07) is 20.2. The topological polar surface area (TPSA) is 110 Å². The molecule has 2 aromatic carbocycles. The quantitative estimate of drug-likeness (QED) is 0.555. The number of fused-ring (bicyclic) bond motifs is 1. The number of rotatable bonds is 6. The van der Waals surface area contributed by atoms with Gasteiger partial charge in [0.25, 0.3) is 0 Å². The van der Waals surface area contributed by atoms with Gasteiger partial charge in [-0.3, -0.25) is 9.79 Å². The molecule has 1 aliphatic heterocycles. The molecule has 2 aliphatic rings. The third kappa shape index (κ3) is 4.08. The van der Waals surface area contributed by atoms with Crippen molar-refractivity contribution in [3.63, 3.8) is 0 Å². The van der Waals surface area contributed by atoms with E-state index in [2.05, 4.69) is 22.8 Å². The highest BCUT2D eigenvalue weighted by atomic mass is 16.1. The number of pyridine rings is 1. The van der Waals surface area contributed by atoms with Gasteiger partial charge in [-0.05, 0) is 37.6 Å². The third-order valence-electron chi connectivity index (χ3n) is 6.50. The van der Waals surface area contributed by atoms with Gasteiger partial charge in [-0.15, -0.1) is 0 Å². The van der Waals surface area contributed by atoms with E-state index in [1.807, 2.05) is 65.7 Å². The van der Waals surface area contributed by atoms with E-state index in [0.717, 1.165) is 40.6 Å². The monoisotopic (exact) mass is 450 g/mol. The van der Waals surface area contributed by atoms with Crippen LogP contribution < -0.4 is 11.5 Å². The number of benzene rings is 2. The highest BCUT2D eigenvalue weighted by molar-refractivity contribution is 6.05. The second-order valence-corrected chi connectivity index (χ2v) is 8.73. The van der Waals surface area contributed by atoms with Crippen molar-refractivity contribution in [3.8, 4) is 11.3 Å². The zero-order valence-electron chi connectivity index (χ0n) is 18.8. The number of carbonyl (C=O) groups excluding carboxylic acids is 1. The highest BCUT2D eigenvalue weighted by Crippen LogP contribution is 2.36. The van der Waals surface area contributed by atoms with Crippen LogP contribution in [0, 0.1) is 11.8 Å². The van der Waals surface area contributed by atoms with Crippen molar-refractivity contribution in [1.29, 1.82) is 0 Å². The molecule has 0 bridgehead atoms. The molecule has 7 nitrogen and oxygen atoms in total. The van der Waals surface area contributed by atoms with Gasteiger partial charge in [-0.1, -0.05) is 48.5 Å². The first-order valence-electron chi connectivity index (χ1n) is 11.3. The number of nitrogens with zero attached hydrogens (tertiary/aromatic N) is 4. The van der Waals surface area contributed by atoms with Crippen molar-refractivity contribution in [2.75, 3.05) is 6.54 Å². The lowest BCUT2D eigenvalue weighted by atomic mass is 9.74. The van der Waals surface area contributed by atoms with Crippen molar-refractivity contribution in [2.45, 2.75) is 12.8 Å². The van der Waals surface area contributed by atoms with Gasteiger partial charge >= 0.3 is 0 Å². The molecule has 1 aliphatic carbocycles. The molecular formula is C27H26N6O. The molecule has 5 rings (SSSR count). The normalized spacial score (nSPS) is 21.1. The van der Waals surface area contributed by atoms with Crippen molar-refractivity contribution >= 4 is 35.1 Å². The number of hydrogen-bond acceptors (Lipinski definition) is 6. The summed E-state index contributed by atoms with van der Waals surface area (Å²) < 4.78 is 0. The Morgan fingerprint density at radius 3 is 2.62 bits per heavy atom. The van der Waals surface area contributed by atoms with Crippen LogP contribution in [0.25, 0.3) is 27.9 Å². The van der Waals surface area contributed by atoms with Crippen molar-refractivity contribution < 1.29 is 4.79 Å².